The van der Waals surface area contributed by atoms with Crippen molar-refractivity contribution in [2.45, 2.75) is 24.1 Å². The van der Waals surface area contributed by atoms with Crippen LogP contribution in [-0.2, 0) is 4.79 Å². The average Bonchev–Trinajstić information content (AvgIpc) is 3.35. The number of nitrogens with one attached hydrogen (secondary N) is 1. The smallest absolute Gasteiger partial charge is 0.230 e. The number of amides is 1. The van der Waals surface area contributed by atoms with Crippen molar-refractivity contribution in [3.8, 4) is 0 Å². The second-order valence-electron chi connectivity index (χ2n) is 5.64. The van der Waals surface area contributed by atoms with Gasteiger partial charge in [0.15, 0.2) is 0 Å². The molecular weight excluding hydrogens is 438 g/mol. The van der Waals surface area contributed by atoms with Crippen LogP contribution >= 0.6 is 43.6 Å². The minimum atomic E-state index is 0.136. The van der Waals surface area contributed by atoms with Gasteiger partial charge in [0.1, 0.15) is 0 Å². The van der Waals surface area contributed by atoms with Crippen LogP contribution in [0.4, 0.5) is 0 Å². The largest absolute Gasteiger partial charge is 0.353 e. The van der Waals surface area contributed by atoms with E-state index >= 15 is 0 Å². The van der Waals surface area contributed by atoms with Crippen molar-refractivity contribution in [1.82, 2.24) is 5.32 Å². The summed E-state index contributed by atoms with van der Waals surface area (Å²) in [6, 6.07) is 17.1. The summed E-state index contributed by atoms with van der Waals surface area (Å²) in [5.74, 6) is 0.615. The highest BCUT2D eigenvalue weighted by molar-refractivity contribution is 9.10. The number of halogens is 2. The number of hydrogen-bond donors (Lipinski definition) is 1. The molecule has 0 aliphatic heterocycles. The topological polar surface area (TPSA) is 29.1 Å². The Morgan fingerprint density at radius 1 is 1.00 bits per heavy atom. The molecule has 2 aromatic rings. The molecule has 1 saturated carbocycles. The predicted octanol–water partition coefficient (Wildman–Crippen LogP) is 5.31. The first-order valence-electron chi connectivity index (χ1n) is 7.54. The highest BCUT2D eigenvalue weighted by Gasteiger charge is 2.24. The van der Waals surface area contributed by atoms with Gasteiger partial charge in [0.05, 0.1) is 11.0 Å². The summed E-state index contributed by atoms with van der Waals surface area (Å²) in [4.78, 5) is 12.0. The summed E-state index contributed by atoms with van der Waals surface area (Å²) in [6.07, 6.45) is 2.25. The molecule has 23 heavy (non-hydrogen) atoms. The van der Waals surface area contributed by atoms with Crippen LogP contribution in [0.25, 0.3) is 0 Å². The van der Waals surface area contributed by atoms with Gasteiger partial charge in [-0.15, -0.1) is 11.8 Å². The molecular formula is C18H17Br2NOS. The lowest BCUT2D eigenvalue weighted by Gasteiger charge is -2.18. The van der Waals surface area contributed by atoms with E-state index in [0.717, 1.165) is 21.8 Å². The van der Waals surface area contributed by atoms with Crippen LogP contribution in [0.3, 0.4) is 0 Å². The summed E-state index contributed by atoms with van der Waals surface area (Å²) >= 11 is 8.63. The summed E-state index contributed by atoms with van der Waals surface area (Å²) in [6.45, 7) is 0. The summed E-state index contributed by atoms with van der Waals surface area (Å²) in [7, 11) is 0. The Morgan fingerprint density at radius 2 is 1.48 bits per heavy atom. The molecule has 1 aliphatic rings. The Balaban J connectivity index is 1.76. The lowest BCUT2D eigenvalue weighted by molar-refractivity contribution is -0.118. The van der Waals surface area contributed by atoms with Crippen molar-refractivity contribution in [3.63, 3.8) is 0 Å². The molecule has 3 rings (SSSR count). The fourth-order valence-corrected chi connectivity index (χ4v) is 3.95. The third kappa shape index (κ3) is 5.10. The van der Waals surface area contributed by atoms with Crippen LogP contribution in [0.15, 0.2) is 57.5 Å². The molecule has 5 heteroatoms. The zero-order chi connectivity index (χ0) is 16.2. The SMILES string of the molecule is O=C(CSC(c1ccc(Br)cc1)c1ccc(Br)cc1)NC1CC1. The van der Waals surface area contributed by atoms with Gasteiger partial charge in [-0.1, -0.05) is 56.1 Å². The van der Waals surface area contributed by atoms with E-state index in [2.05, 4.69) is 61.4 Å². The number of rotatable bonds is 6. The van der Waals surface area contributed by atoms with E-state index in [1.165, 1.54) is 11.1 Å². The first-order valence-corrected chi connectivity index (χ1v) is 10.2. The number of hydrogen-bond acceptors (Lipinski definition) is 2. The molecule has 0 bridgehead atoms. The van der Waals surface area contributed by atoms with Crippen molar-refractivity contribution in [2.24, 2.45) is 0 Å². The number of carbonyl (C=O) groups is 1. The molecule has 0 aromatic heterocycles. The average molecular weight is 455 g/mol. The third-order valence-electron chi connectivity index (χ3n) is 3.67. The summed E-state index contributed by atoms with van der Waals surface area (Å²) in [5, 5.41) is 3.21. The molecule has 1 fully saturated rings. The lowest BCUT2D eigenvalue weighted by Crippen LogP contribution is -2.27. The molecule has 2 aromatic carbocycles. The summed E-state index contributed by atoms with van der Waals surface area (Å²) < 4.78 is 2.12. The third-order valence-corrected chi connectivity index (χ3v) is 6.03. The monoisotopic (exact) mass is 453 g/mol. The van der Waals surface area contributed by atoms with E-state index in [9.17, 15) is 4.79 Å². The van der Waals surface area contributed by atoms with Crippen molar-refractivity contribution >= 4 is 49.5 Å². The molecule has 1 amide bonds. The van der Waals surface area contributed by atoms with E-state index in [1.807, 2.05) is 24.3 Å². The van der Waals surface area contributed by atoms with Crippen molar-refractivity contribution < 1.29 is 4.79 Å². The Bertz CT molecular complexity index is 623. The quantitative estimate of drug-likeness (QED) is 0.640. The number of benzene rings is 2. The fraction of sp³-hybridized carbons (Fsp3) is 0.278. The number of thioether (sulfide) groups is 1. The van der Waals surface area contributed by atoms with Gasteiger partial charge < -0.3 is 5.32 Å². The van der Waals surface area contributed by atoms with Crippen LogP contribution in [0.1, 0.15) is 29.2 Å². The molecule has 0 radical (unpaired) electrons. The Labute approximate surface area is 157 Å². The summed E-state index contributed by atoms with van der Waals surface area (Å²) in [5.41, 5.74) is 2.42. The maximum atomic E-state index is 12.0. The zero-order valence-corrected chi connectivity index (χ0v) is 16.5. The van der Waals surface area contributed by atoms with Crippen molar-refractivity contribution in [1.29, 1.82) is 0 Å². The van der Waals surface area contributed by atoms with E-state index in [1.54, 1.807) is 11.8 Å². The maximum absolute atomic E-state index is 12.0. The Morgan fingerprint density at radius 3 is 1.91 bits per heavy atom. The van der Waals surface area contributed by atoms with Gasteiger partial charge in [-0.25, -0.2) is 0 Å². The molecule has 120 valence electrons. The Hall–Kier alpha value is -0.780. The molecule has 2 nitrogen and oxygen atoms in total. The van der Waals surface area contributed by atoms with E-state index in [4.69, 9.17) is 0 Å². The second kappa shape index (κ2) is 7.86. The minimum absolute atomic E-state index is 0.136. The van der Waals surface area contributed by atoms with E-state index in [-0.39, 0.29) is 11.2 Å². The molecule has 0 unspecified atom stereocenters. The minimum Gasteiger partial charge on any atom is -0.353 e. The molecule has 0 spiro atoms. The first kappa shape index (κ1) is 17.1. The van der Waals surface area contributed by atoms with Crippen LogP contribution in [0, 0.1) is 0 Å². The van der Waals surface area contributed by atoms with E-state index in [0.29, 0.717) is 11.8 Å². The Kier molecular flexibility index (Phi) is 5.83. The van der Waals surface area contributed by atoms with Gasteiger partial charge in [-0.3, -0.25) is 4.79 Å². The maximum Gasteiger partial charge on any atom is 0.230 e. The predicted molar refractivity (Wildman–Crippen MR) is 104 cm³/mol. The fourth-order valence-electron chi connectivity index (χ4n) is 2.32. The molecule has 1 aliphatic carbocycles. The van der Waals surface area contributed by atoms with Gasteiger partial charge in [0.2, 0.25) is 5.91 Å². The van der Waals surface area contributed by atoms with Gasteiger partial charge in [0.25, 0.3) is 0 Å². The van der Waals surface area contributed by atoms with Crippen molar-refractivity contribution in [2.75, 3.05) is 5.75 Å². The van der Waals surface area contributed by atoms with Crippen LogP contribution in [0.2, 0.25) is 0 Å². The van der Waals surface area contributed by atoms with E-state index < -0.39 is 0 Å². The van der Waals surface area contributed by atoms with Crippen LogP contribution in [-0.4, -0.2) is 17.7 Å². The van der Waals surface area contributed by atoms with Gasteiger partial charge in [-0.05, 0) is 48.2 Å². The number of carbonyl (C=O) groups excluding carboxylic acids is 1. The normalized spacial score (nSPS) is 14.0. The first-order chi connectivity index (χ1) is 11.1. The highest BCUT2D eigenvalue weighted by atomic mass is 79.9. The molecule has 0 atom stereocenters. The van der Waals surface area contributed by atoms with Crippen LogP contribution in [0.5, 0.6) is 0 Å². The second-order valence-corrected chi connectivity index (χ2v) is 8.56. The standard InChI is InChI=1S/C18H17Br2NOS/c19-14-5-1-12(2-6-14)18(13-3-7-15(20)8-4-13)23-11-17(22)21-16-9-10-16/h1-8,16,18H,9-11H2,(H,21,22). The molecule has 1 N–H and O–H groups in total. The van der Waals surface area contributed by atoms with Gasteiger partial charge >= 0.3 is 0 Å². The van der Waals surface area contributed by atoms with Gasteiger partial charge in [0, 0.05) is 15.0 Å². The lowest BCUT2D eigenvalue weighted by atomic mass is 10.0. The van der Waals surface area contributed by atoms with Crippen molar-refractivity contribution in [3.05, 3.63) is 68.6 Å². The zero-order valence-electron chi connectivity index (χ0n) is 12.5. The molecule has 0 saturated heterocycles. The van der Waals surface area contributed by atoms with Gasteiger partial charge in [-0.2, -0.15) is 0 Å². The highest BCUT2D eigenvalue weighted by Crippen LogP contribution is 2.36. The molecule has 0 heterocycles. The van der Waals surface area contributed by atoms with Crippen LogP contribution < -0.4 is 5.32 Å².